The molecule has 2 aromatic carbocycles. The zero-order valence-corrected chi connectivity index (χ0v) is 14.6. The topological polar surface area (TPSA) is 78.9 Å². The molecule has 0 aromatic heterocycles. The highest BCUT2D eigenvalue weighted by Crippen LogP contribution is 2.26. The Hall–Kier alpha value is -3.41. The molecule has 0 amide bonds. The molecule has 0 heterocycles. The fourth-order valence-corrected chi connectivity index (χ4v) is 2.15. The first-order valence-electron chi connectivity index (χ1n) is 7.76. The van der Waals surface area contributed by atoms with Crippen LogP contribution in [0.4, 0.5) is 0 Å². The van der Waals surface area contributed by atoms with Gasteiger partial charge >= 0.3 is 11.9 Å². The van der Waals surface area contributed by atoms with Crippen molar-refractivity contribution >= 4 is 23.8 Å². The van der Waals surface area contributed by atoms with Crippen LogP contribution in [0.3, 0.4) is 0 Å². The Labute approximate surface area is 151 Å². The first kappa shape index (κ1) is 18.9. The molecule has 0 atom stereocenters. The van der Waals surface area contributed by atoms with E-state index in [2.05, 4.69) is 0 Å². The number of rotatable bonds is 6. The SMILES string of the molecule is COc1ccc(C(=O)/C=C/c2ccc(OC(C)=O)cc2)c(OC(C)=O)c1. The number of carbonyl (C=O) groups excluding carboxylic acids is 3. The van der Waals surface area contributed by atoms with Crippen molar-refractivity contribution in [3.05, 3.63) is 59.7 Å². The summed E-state index contributed by atoms with van der Waals surface area (Å²) in [7, 11) is 1.48. The minimum atomic E-state index is -0.530. The maximum absolute atomic E-state index is 12.4. The van der Waals surface area contributed by atoms with Crippen LogP contribution >= 0.6 is 0 Å². The molecular formula is C20H18O6. The lowest BCUT2D eigenvalue weighted by Crippen LogP contribution is -2.07. The molecule has 0 bridgehead atoms. The van der Waals surface area contributed by atoms with Gasteiger partial charge in [-0.15, -0.1) is 0 Å². The minimum Gasteiger partial charge on any atom is -0.497 e. The predicted molar refractivity (Wildman–Crippen MR) is 95.4 cm³/mol. The molecule has 0 saturated heterocycles. The second-order valence-electron chi connectivity index (χ2n) is 5.32. The fraction of sp³-hybridized carbons (Fsp3) is 0.150. The van der Waals surface area contributed by atoms with Crippen LogP contribution in [0.5, 0.6) is 17.2 Å². The van der Waals surface area contributed by atoms with Crippen LogP contribution in [0.25, 0.3) is 6.08 Å². The van der Waals surface area contributed by atoms with Crippen molar-refractivity contribution in [2.75, 3.05) is 7.11 Å². The quantitative estimate of drug-likeness (QED) is 0.342. The Bertz CT molecular complexity index is 849. The van der Waals surface area contributed by atoms with E-state index < -0.39 is 11.9 Å². The molecule has 6 nitrogen and oxygen atoms in total. The van der Waals surface area contributed by atoms with Crippen LogP contribution < -0.4 is 14.2 Å². The van der Waals surface area contributed by atoms with Gasteiger partial charge in [-0.1, -0.05) is 18.2 Å². The second kappa shape index (κ2) is 8.62. The maximum atomic E-state index is 12.4. The van der Waals surface area contributed by atoms with Gasteiger partial charge in [0.1, 0.15) is 17.2 Å². The van der Waals surface area contributed by atoms with Crippen LogP contribution in [-0.4, -0.2) is 24.8 Å². The van der Waals surface area contributed by atoms with E-state index in [0.29, 0.717) is 11.5 Å². The molecule has 0 unspecified atom stereocenters. The molecule has 0 fully saturated rings. The molecule has 134 valence electrons. The van der Waals surface area contributed by atoms with Crippen LogP contribution in [0.1, 0.15) is 29.8 Å². The summed E-state index contributed by atoms with van der Waals surface area (Å²) in [6.45, 7) is 2.58. The van der Waals surface area contributed by atoms with Crippen molar-refractivity contribution in [3.63, 3.8) is 0 Å². The lowest BCUT2D eigenvalue weighted by Gasteiger charge is -2.08. The Morgan fingerprint density at radius 1 is 0.846 bits per heavy atom. The lowest BCUT2D eigenvalue weighted by atomic mass is 10.1. The normalized spacial score (nSPS) is 10.4. The van der Waals surface area contributed by atoms with E-state index in [9.17, 15) is 14.4 Å². The van der Waals surface area contributed by atoms with E-state index in [1.54, 1.807) is 36.4 Å². The number of ketones is 1. The number of ether oxygens (including phenoxy) is 3. The van der Waals surface area contributed by atoms with Gasteiger partial charge < -0.3 is 14.2 Å². The van der Waals surface area contributed by atoms with Gasteiger partial charge in [0.15, 0.2) is 5.78 Å². The Balaban J connectivity index is 2.19. The van der Waals surface area contributed by atoms with Gasteiger partial charge in [0.2, 0.25) is 0 Å². The smallest absolute Gasteiger partial charge is 0.308 e. The van der Waals surface area contributed by atoms with Crippen LogP contribution in [-0.2, 0) is 9.59 Å². The molecule has 0 aliphatic carbocycles. The largest absolute Gasteiger partial charge is 0.497 e. The maximum Gasteiger partial charge on any atom is 0.308 e. The number of carbonyl (C=O) groups is 3. The van der Waals surface area contributed by atoms with E-state index in [4.69, 9.17) is 14.2 Å². The summed E-state index contributed by atoms with van der Waals surface area (Å²) in [5, 5.41) is 0. The first-order valence-corrected chi connectivity index (χ1v) is 7.76. The van der Waals surface area contributed by atoms with E-state index in [-0.39, 0.29) is 17.1 Å². The molecular weight excluding hydrogens is 336 g/mol. The molecule has 0 aliphatic rings. The number of esters is 2. The number of benzene rings is 2. The van der Waals surface area contributed by atoms with Crippen LogP contribution in [0.15, 0.2) is 48.5 Å². The summed E-state index contributed by atoms with van der Waals surface area (Å²) in [4.78, 5) is 34.6. The molecule has 0 radical (unpaired) electrons. The predicted octanol–water partition coefficient (Wildman–Crippen LogP) is 3.44. The fourth-order valence-electron chi connectivity index (χ4n) is 2.15. The zero-order chi connectivity index (χ0) is 19.1. The highest BCUT2D eigenvalue weighted by Gasteiger charge is 2.13. The van der Waals surface area contributed by atoms with Crippen LogP contribution in [0, 0.1) is 0 Å². The minimum absolute atomic E-state index is 0.136. The standard InChI is InChI=1S/C20H18O6/c1-13(21)25-16-7-4-15(5-8-16)6-11-19(23)18-10-9-17(24-3)12-20(18)26-14(2)22/h4-12H,1-3H3/b11-6+. The summed E-state index contributed by atoms with van der Waals surface area (Å²) < 4.78 is 15.1. The van der Waals surface area contributed by atoms with Gasteiger partial charge in [0.05, 0.1) is 12.7 Å². The Morgan fingerprint density at radius 2 is 1.46 bits per heavy atom. The van der Waals surface area contributed by atoms with Crippen molar-refractivity contribution in [3.8, 4) is 17.2 Å². The third-order valence-corrected chi connectivity index (χ3v) is 3.28. The summed E-state index contributed by atoms with van der Waals surface area (Å²) >= 11 is 0. The first-order chi connectivity index (χ1) is 12.4. The van der Waals surface area contributed by atoms with Gasteiger partial charge in [0, 0.05) is 19.9 Å². The monoisotopic (exact) mass is 354 g/mol. The lowest BCUT2D eigenvalue weighted by molar-refractivity contribution is -0.132. The van der Waals surface area contributed by atoms with Gasteiger partial charge in [0.25, 0.3) is 0 Å². The summed E-state index contributed by atoms with van der Waals surface area (Å²) in [5.74, 6) is -0.223. The molecule has 2 aromatic rings. The molecule has 26 heavy (non-hydrogen) atoms. The van der Waals surface area contributed by atoms with Crippen molar-refractivity contribution < 1.29 is 28.6 Å². The Kier molecular flexibility index (Phi) is 6.27. The molecule has 0 saturated carbocycles. The third kappa shape index (κ3) is 5.31. The molecule has 6 heteroatoms. The van der Waals surface area contributed by atoms with Gasteiger partial charge in [-0.2, -0.15) is 0 Å². The Morgan fingerprint density at radius 3 is 2.04 bits per heavy atom. The van der Waals surface area contributed by atoms with Crippen molar-refractivity contribution in [1.29, 1.82) is 0 Å². The number of hydrogen-bond donors (Lipinski definition) is 0. The van der Waals surface area contributed by atoms with Crippen LogP contribution in [0.2, 0.25) is 0 Å². The molecule has 2 rings (SSSR count). The van der Waals surface area contributed by atoms with Gasteiger partial charge in [-0.05, 0) is 35.9 Å². The number of methoxy groups -OCH3 is 1. The highest BCUT2D eigenvalue weighted by molar-refractivity contribution is 6.09. The van der Waals surface area contributed by atoms with Gasteiger partial charge in [-0.25, -0.2) is 0 Å². The summed E-state index contributed by atoms with van der Waals surface area (Å²) in [6, 6.07) is 11.3. The van der Waals surface area contributed by atoms with E-state index in [1.807, 2.05) is 0 Å². The summed E-state index contributed by atoms with van der Waals surface area (Å²) in [5.41, 5.74) is 0.991. The highest BCUT2D eigenvalue weighted by atomic mass is 16.5. The van der Waals surface area contributed by atoms with Crippen molar-refractivity contribution in [1.82, 2.24) is 0 Å². The number of allylic oxidation sites excluding steroid dienone is 1. The average molecular weight is 354 g/mol. The molecule has 0 N–H and O–H groups in total. The molecule has 0 aliphatic heterocycles. The van der Waals surface area contributed by atoms with E-state index in [1.165, 1.54) is 39.2 Å². The van der Waals surface area contributed by atoms with Crippen molar-refractivity contribution in [2.45, 2.75) is 13.8 Å². The second-order valence-corrected chi connectivity index (χ2v) is 5.32. The average Bonchev–Trinajstić information content (AvgIpc) is 2.59. The third-order valence-electron chi connectivity index (χ3n) is 3.28. The summed E-state index contributed by atoms with van der Waals surface area (Å²) in [6.07, 6.45) is 2.98. The number of hydrogen-bond acceptors (Lipinski definition) is 6. The van der Waals surface area contributed by atoms with E-state index >= 15 is 0 Å². The molecule has 0 spiro atoms. The van der Waals surface area contributed by atoms with Crippen molar-refractivity contribution in [2.24, 2.45) is 0 Å². The van der Waals surface area contributed by atoms with Gasteiger partial charge in [-0.3, -0.25) is 14.4 Å². The zero-order valence-electron chi connectivity index (χ0n) is 14.6. The van der Waals surface area contributed by atoms with E-state index in [0.717, 1.165) is 5.56 Å².